The Bertz CT molecular complexity index is 1280. The average Bonchev–Trinajstić information content (AvgIpc) is 2.87. The third-order valence-corrected chi connectivity index (χ3v) is 5.99. The van der Waals surface area contributed by atoms with E-state index in [0.29, 0.717) is 12.2 Å². The predicted molar refractivity (Wildman–Crippen MR) is 142 cm³/mol. The Morgan fingerprint density at radius 2 is 1.03 bits per heavy atom. The fourth-order valence-corrected chi connectivity index (χ4v) is 3.63. The van der Waals surface area contributed by atoms with Crippen LogP contribution in [0.15, 0.2) is 97.1 Å². The summed E-state index contributed by atoms with van der Waals surface area (Å²) in [6.45, 7) is 0.586. The van der Waals surface area contributed by atoms with Gasteiger partial charge in [-0.25, -0.2) is 0 Å². The maximum absolute atomic E-state index is 8.88. The fourth-order valence-electron chi connectivity index (χ4n) is 3.30. The number of nitrogens with zero attached hydrogens (tertiary/aromatic N) is 1. The molecule has 0 aliphatic carbocycles. The Morgan fingerprint density at radius 1 is 0.606 bits per heavy atom. The highest BCUT2D eigenvalue weighted by molar-refractivity contribution is 6.32. The zero-order chi connectivity index (χ0) is 22.9. The molecule has 0 amide bonds. The second kappa shape index (κ2) is 10.9. The second-order valence-electron chi connectivity index (χ2n) is 7.91. The second-order valence-corrected chi connectivity index (χ2v) is 9.07. The lowest BCUT2D eigenvalue weighted by Gasteiger charge is -2.07. The summed E-state index contributed by atoms with van der Waals surface area (Å²) in [6.07, 6.45) is 8.34. The lowest BCUT2D eigenvalue weighted by atomic mass is 10.1. The average molecular weight is 444 g/mol. The summed E-state index contributed by atoms with van der Waals surface area (Å²) >= 11 is 0. The van der Waals surface area contributed by atoms with Crippen LogP contribution >= 0.6 is 0 Å². The van der Waals surface area contributed by atoms with E-state index in [0.717, 1.165) is 38.2 Å². The minimum atomic E-state index is 0.586. The number of hydrogen-bond donors (Lipinski definition) is 0. The van der Waals surface area contributed by atoms with Gasteiger partial charge in [-0.05, 0) is 52.1 Å². The summed E-state index contributed by atoms with van der Waals surface area (Å²) in [5.41, 5.74) is 6.35. The molecular weight excluding hydrogens is 418 g/mol. The van der Waals surface area contributed by atoms with Crippen molar-refractivity contribution in [2.24, 2.45) is 0 Å². The van der Waals surface area contributed by atoms with Crippen molar-refractivity contribution < 1.29 is 4.74 Å². The van der Waals surface area contributed by atoms with Gasteiger partial charge < -0.3 is 4.74 Å². The van der Waals surface area contributed by atoms with Gasteiger partial charge in [0.1, 0.15) is 12.4 Å². The zero-order valence-electron chi connectivity index (χ0n) is 18.6. The van der Waals surface area contributed by atoms with Crippen molar-refractivity contribution in [3.8, 4) is 11.8 Å². The molecule has 0 heterocycles. The first-order valence-electron chi connectivity index (χ1n) is 10.9. The van der Waals surface area contributed by atoms with Gasteiger partial charge in [0.15, 0.2) is 0 Å². The highest BCUT2D eigenvalue weighted by Gasteiger charge is 1.97. The molecule has 2 nitrogen and oxygen atoms in total. The minimum Gasteiger partial charge on any atom is -0.489 e. The van der Waals surface area contributed by atoms with Gasteiger partial charge in [0.2, 0.25) is 0 Å². The van der Waals surface area contributed by atoms with Gasteiger partial charge in [-0.3, -0.25) is 0 Å². The summed E-state index contributed by atoms with van der Waals surface area (Å²) in [6, 6.07) is 34.9. The smallest absolute Gasteiger partial charge is 0.119 e. The van der Waals surface area contributed by atoms with Gasteiger partial charge >= 0.3 is 0 Å². The summed E-state index contributed by atoms with van der Waals surface area (Å²) in [5, 5.41) is 10.3. The van der Waals surface area contributed by atoms with Crippen molar-refractivity contribution in [2.45, 2.75) is 6.61 Å². The Hall–Kier alpha value is -4.13. The zero-order valence-corrected chi connectivity index (χ0v) is 20.6. The van der Waals surface area contributed by atoms with Crippen LogP contribution in [0.25, 0.3) is 24.3 Å². The summed E-state index contributed by atoms with van der Waals surface area (Å²) in [7, 11) is 1.08. The normalized spacial score (nSPS) is 11.1. The number of benzene rings is 4. The van der Waals surface area contributed by atoms with E-state index in [-0.39, 0.29) is 0 Å². The molecule has 0 spiro atoms. The summed E-state index contributed by atoms with van der Waals surface area (Å²) < 4.78 is 5.90. The topological polar surface area (TPSA) is 33.0 Å². The van der Waals surface area contributed by atoms with Crippen LogP contribution in [0.2, 0.25) is 0 Å². The van der Waals surface area contributed by atoms with E-state index in [1.165, 1.54) is 10.8 Å². The van der Waals surface area contributed by atoms with Gasteiger partial charge in [-0.1, -0.05) is 102 Å². The Morgan fingerprint density at radius 3 is 1.48 bits per heavy atom. The van der Waals surface area contributed by atoms with Crippen LogP contribution in [0.5, 0.6) is 5.75 Å². The molecule has 4 aromatic rings. The summed E-state index contributed by atoms with van der Waals surface area (Å²) in [5.74, 6) is 0.875. The first kappa shape index (κ1) is 22.1. The molecule has 0 aromatic heterocycles. The van der Waals surface area contributed by atoms with E-state index in [1.54, 1.807) is 0 Å². The van der Waals surface area contributed by atoms with E-state index in [1.807, 2.05) is 36.4 Å². The first-order chi connectivity index (χ1) is 16.2. The largest absolute Gasteiger partial charge is 0.489 e. The van der Waals surface area contributed by atoms with Crippen LogP contribution in [0.4, 0.5) is 0 Å². The van der Waals surface area contributed by atoms with Crippen molar-refractivity contribution in [2.75, 3.05) is 0 Å². The molecular formula is C30H25NOSi. The molecule has 4 rings (SSSR count). The van der Waals surface area contributed by atoms with Crippen molar-refractivity contribution >= 4 is 39.7 Å². The molecule has 33 heavy (non-hydrogen) atoms. The molecule has 0 N–H and O–H groups in total. The lowest BCUT2D eigenvalue weighted by molar-refractivity contribution is 0.306. The molecule has 0 unspecified atom stereocenters. The number of hydrogen-bond acceptors (Lipinski definition) is 2. The fraction of sp³-hybridized carbons (Fsp3) is 0.0333. The SMILES string of the molecule is N#Cc1ccc(C=Cc2ccc(C=Cc3ccc(OCc4ccc([SiH3])cc4)cc3)cc2)cc1. The third-order valence-electron chi connectivity index (χ3n) is 5.32. The highest BCUT2D eigenvalue weighted by Crippen LogP contribution is 2.17. The van der Waals surface area contributed by atoms with Crippen LogP contribution < -0.4 is 9.92 Å². The molecule has 3 heteroatoms. The molecule has 0 aliphatic rings. The monoisotopic (exact) mass is 443 g/mol. The molecule has 0 saturated carbocycles. The number of ether oxygens (including phenoxy) is 1. The first-order valence-corrected chi connectivity index (χ1v) is 11.9. The van der Waals surface area contributed by atoms with E-state index in [2.05, 4.69) is 91.0 Å². The Kier molecular flexibility index (Phi) is 7.32. The number of nitriles is 1. The predicted octanol–water partition coefficient (Wildman–Crippen LogP) is 5.47. The van der Waals surface area contributed by atoms with E-state index >= 15 is 0 Å². The van der Waals surface area contributed by atoms with Crippen LogP contribution in [-0.2, 0) is 6.61 Å². The molecule has 0 aliphatic heterocycles. The van der Waals surface area contributed by atoms with Gasteiger partial charge in [0, 0.05) is 10.2 Å². The molecule has 0 saturated heterocycles. The van der Waals surface area contributed by atoms with E-state index in [9.17, 15) is 0 Å². The van der Waals surface area contributed by atoms with Gasteiger partial charge in [0.25, 0.3) is 0 Å². The maximum atomic E-state index is 8.88. The minimum absolute atomic E-state index is 0.586. The van der Waals surface area contributed by atoms with Crippen molar-refractivity contribution in [3.63, 3.8) is 0 Å². The Labute approximate surface area is 198 Å². The van der Waals surface area contributed by atoms with Crippen molar-refractivity contribution in [1.29, 1.82) is 5.26 Å². The van der Waals surface area contributed by atoms with Crippen LogP contribution in [0.1, 0.15) is 33.4 Å². The molecule has 0 fully saturated rings. The molecule has 0 atom stereocenters. The van der Waals surface area contributed by atoms with Gasteiger partial charge in [-0.2, -0.15) is 5.26 Å². The molecule has 0 radical (unpaired) electrons. The Balaban J connectivity index is 1.31. The van der Waals surface area contributed by atoms with Crippen LogP contribution in [0, 0.1) is 11.3 Å². The third kappa shape index (κ3) is 6.67. The lowest BCUT2D eigenvalue weighted by Crippen LogP contribution is -2.02. The van der Waals surface area contributed by atoms with E-state index in [4.69, 9.17) is 10.00 Å². The van der Waals surface area contributed by atoms with Gasteiger partial charge in [-0.15, -0.1) is 0 Å². The maximum Gasteiger partial charge on any atom is 0.119 e. The highest BCUT2D eigenvalue weighted by atomic mass is 28.1. The summed E-state index contributed by atoms with van der Waals surface area (Å²) in [4.78, 5) is 0. The van der Waals surface area contributed by atoms with Crippen LogP contribution in [-0.4, -0.2) is 10.2 Å². The van der Waals surface area contributed by atoms with Crippen molar-refractivity contribution in [3.05, 3.63) is 130 Å². The number of rotatable bonds is 7. The van der Waals surface area contributed by atoms with Crippen LogP contribution in [0.3, 0.4) is 0 Å². The van der Waals surface area contributed by atoms with E-state index < -0.39 is 0 Å². The van der Waals surface area contributed by atoms with Crippen molar-refractivity contribution in [1.82, 2.24) is 0 Å². The molecule has 0 bridgehead atoms. The quantitative estimate of drug-likeness (QED) is 0.280. The molecule has 4 aromatic carbocycles. The molecule has 160 valence electrons. The van der Waals surface area contributed by atoms with Gasteiger partial charge in [0.05, 0.1) is 11.6 Å². The standard InChI is InChI=1S/C30H25NOSi/c31-21-27-11-9-25(10-12-27)6-5-23-1-3-24(4-2-23)7-8-26-13-17-29(18-14-26)32-22-28-15-19-30(33)20-16-28/h1-20H,22H2,33H3.